The second kappa shape index (κ2) is 28.7. The first-order valence-corrected chi connectivity index (χ1v) is 24.2. The molecule has 1 fully saturated rings. The van der Waals surface area contributed by atoms with Gasteiger partial charge in [0.1, 0.15) is 43.4 Å². The number of methoxy groups -OCH3 is 2. The number of esters is 6. The van der Waals surface area contributed by atoms with E-state index in [1.807, 2.05) is 43.3 Å². The van der Waals surface area contributed by atoms with Crippen molar-refractivity contribution >= 4 is 35.8 Å². The van der Waals surface area contributed by atoms with Crippen LogP contribution in [0.4, 0.5) is 4.39 Å². The van der Waals surface area contributed by atoms with Crippen LogP contribution in [0.3, 0.4) is 0 Å². The van der Waals surface area contributed by atoms with Crippen molar-refractivity contribution in [3.05, 3.63) is 126 Å². The topological polar surface area (TPSA) is 167 Å². The summed E-state index contributed by atoms with van der Waals surface area (Å²) in [6, 6.07) is 17.1. The van der Waals surface area contributed by atoms with Gasteiger partial charge < -0.3 is 33.2 Å². The van der Waals surface area contributed by atoms with Gasteiger partial charge in [-0.05, 0) is 122 Å². The molecule has 3 aromatic rings. The van der Waals surface area contributed by atoms with E-state index in [9.17, 15) is 28.8 Å². The van der Waals surface area contributed by atoms with Crippen LogP contribution in [0.15, 0.2) is 103 Å². The molecule has 1 saturated carbocycles. The Morgan fingerprint density at radius 1 is 0.634 bits per heavy atom. The van der Waals surface area contributed by atoms with Crippen LogP contribution in [0.5, 0.6) is 5.75 Å². The van der Waals surface area contributed by atoms with E-state index < -0.39 is 61.1 Å². The molecule has 3 aromatic carbocycles. The molecule has 382 valence electrons. The highest BCUT2D eigenvalue weighted by molar-refractivity contribution is 5.92. The van der Waals surface area contributed by atoms with Gasteiger partial charge in [0, 0.05) is 41.0 Å². The Balaban J connectivity index is 1.68. The SMILES string of the molecule is C=C(C)C(=O)OCCCc1cc(-c2ccc(-c3ccc(C4CCC(CCCCC)CC4)cc3F)cc2CC)ccc1OCC(COC(=O)/C=C/C(=O)OC)(COC(=O)/C=C/C(=O)OC)COC(=O)C(=C)C. The maximum Gasteiger partial charge on any atom is 0.333 e. The predicted molar refractivity (Wildman–Crippen MR) is 268 cm³/mol. The zero-order valence-electron chi connectivity index (χ0n) is 42.1. The summed E-state index contributed by atoms with van der Waals surface area (Å²) >= 11 is 0. The average Bonchev–Trinajstić information content (AvgIpc) is 3.37. The lowest BCUT2D eigenvalue weighted by Crippen LogP contribution is -2.44. The second-order valence-electron chi connectivity index (χ2n) is 18.1. The molecule has 0 radical (unpaired) electrons. The first-order chi connectivity index (χ1) is 34.0. The number of carbonyl (C=O) groups excluding carboxylic acids is 6. The van der Waals surface area contributed by atoms with Gasteiger partial charge in [-0.3, -0.25) is 0 Å². The van der Waals surface area contributed by atoms with Gasteiger partial charge in [-0.15, -0.1) is 0 Å². The van der Waals surface area contributed by atoms with Crippen molar-refractivity contribution < 1.29 is 66.3 Å². The van der Waals surface area contributed by atoms with Crippen LogP contribution in [-0.4, -0.2) is 83.1 Å². The van der Waals surface area contributed by atoms with Crippen molar-refractivity contribution in [3.63, 3.8) is 0 Å². The summed E-state index contributed by atoms with van der Waals surface area (Å²) in [5.41, 5.74) is 4.47. The van der Waals surface area contributed by atoms with E-state index >= 15 is 4.39 Å². The Bertz CT molecular complexity index is 2380. The molecule has 71 heavy (non-hydrogen) atoms. The quantitative estimate of drug-likeness (QED) is 0.0307. The van der Waals surface area contributed by atoms with E-state index in [2.05, 4.69) is 35.6 Å². The second-order valence-corrected chi connectivity index (χ2v) is 18.1. The number of hydrogen-bond acceptors (Lipinski definition) is 13. The fraction of sp³-hybridized carbons (Fsp3) is 0.439. The molecule has 0 aliphatic heterocycles. The van der Waals surface area contributed by atoms with Crippen LogP contribution in [0.2, 0.25) is 0 Å². The maximum atomic E-state index is 16.0. The van der Waals surface area contributed by atoms with Crippen molar-refractivity contribution in [2.45, 2.75) is 104 Å². The Kier molecular flexibility index (Phi) is 23.0. The molecule has 0 aromatic heterocycles. The smallest absolute Gasteiger partial charge is 0.333 e. The number of unbranched alkanes of at least 4 members (excludes halogenated alkanes) is 2. The fourth-order valence-electron chi connectivity index (χ4n) is 8.23. The Labute approximate surface area is 417 Å². The lowest BCUT2D eigenvalue weighted by atomic mass is 9.77. The van der Waals surface area contributed by atoms with Crippen molar-refractivity contribution in [2.75, 3.05) is 47.3 Å². The Morgan fingerprint density at radius 3 is 1.76 bits per heavy atom. The third-order valence-electron chi connectivity index (χ3n) is 12.4. The number of rotatable bonds is 27. The summed E-state index contributed by atoms with van der Waals surface area (Å²) < 4.78 is 53.5. The maximum absolute atomic E-state index is 16.0. The summed E-state index contributed by atoms with van der Waals surface area (Å²) in [6.45, 7) is 12.6. The van der Waals surface area contributed by atoms with Crippen LogP contribution >= 0.6 is 0 Å². The average molecular weight is 981 g/mol. The van der Waals surface area contributed by atoms with Crippen LogP contribution in [0.25, 0.3) is 22.3 Å². The zero-order chi connectivity index (χ0) is 51.9. The lowest BCUT2D eigenvalue weighted by Gasteiger charge is -2.32. The van der Waals surface area contributed by atoms with Gasteiger partial charge in [-0.1, -0.05) is 89.1 Å². The Hall–Kier alpha value is -6.83. The zero-order valence-corrected chi connectivity index (χ0v) is 42.1. The highest BCUT2D eigenvalue weighted by Gasteiger charge is 2.38. The van der Waals surface area contributed by atoms with Crippen molar-refractivity contribution in [3.8, 4) is 28.0 Å². The van der Waals surface area contributed by atoms with Gasteiger partial charge in [0.05, 0.1) is 20.8 Å². The van der Waals surface area contributed by atoms with E-state index in [4.69, 9.17) is 23.7 Å². The summed E-state index contributed by atoms with van der Waals surface area (Å²) in [5, 5.41) is 0. The number of aryl methyl sites for hydroxylation is 2. The minimum atomic E-state index is -1.59. The Morgan fingerprint density at radius 2 is 1.18 bits per heavy atom. The normalized spacial score (nSPS) is 14.6. The largest absolute Gasteiger partial charge is 0.492 e. The van der Waals surface area contributed by atoms with Gasteiger partial charge in [0.15, 0.2) is 0 Å². The van der Waals surface area contributed by atoms with Gasteiger partial charge in [0.2, 0.25) is 0 Å². The fourth-order valence-corrected chi connectivity index (χ4v) is 8.23. The molecular formula is C57H69FO13. The standard InChI is InChI=1S/C57H69FO13/c1-9-11-12-14-40-16-18-42(19-17-40)43-20-24-48(49(58)33-43)45-21-23-47(41(10-2)31-45)44-22-25-50(46(32-44)15-13-30-67-55(63)38(3)4)68-34-57(37-71-56(64)39(5)6,35-69-53(61)28-26-51(59)65-7)36-70-54(62)29-27-52(60)66-8/h20-29,31-33,40,42H,3,5,9-19,30,34-37H2,1-2,4,6-8H3/b28-26+,29-27+. The summed E-state index contributed by atoms with van der Waals surface area (Å²) in [7, 11) is 2.27. The molecule has 0 bridgehead atoms. The summed E-state index contributed by atoms with van der Waals surface area (Å²) in [5.74, 6) is -3.66. The number of hydrogen-bond donors (Lipinski definition) is 0. The number of carbonyl (C=O) groups is 6. The molecule has 0 N–H and O–H groups in total. The van der Waals surface area contributed by atoms with E-state index in [0.29, 0.717) is 42.1 Å². The molecule has 0 amide bonds. The van der Waals surface area contributed by atoms with Gasteiger partial charge >= 0.3 is 35.8 Å². The summed E-state index contributed by atoms with van der Waals surface area (Å²) in [4.78, 5) is 74.0. The molecule has 14 heteroatoms. The first-order valence-electron chi connectivity index (χ1n) is 24.2. The molecule has 0 spiro atoms. The van der Waals surface area contributed by atoms with E-state index in [1.165, 1.54) is 45.4 Å². The first kappa shape index (κ1) is 56.8. The van der Waals surface area contributed by atoms with Crippen LogP contribution in [-0.2, 0) is 70.0 Å². The van der Waals surface area contributed by atoms with Crippen molar-refractivity contribution in [1.29, 1.82) is 0 Å². The van der Waals surface area contributed by atoms with Crippen molar-refractivity contribution in [2.24, 2.45) is 11.3 Å². The lowest BCUT2D eigenvalue weighted by molar-refractivity contribution is -0.159. The minimum absolute atomic E-state index is 0.0595. The molecule has 4 rings (SSSR count). The third kappa shape index (κ3) is 18.1. The van der Waals surface area contributed by atoms with E-state index in [1.54, 1.807) is 19.1 Å². The molecule has 0 unspecified atom stereocenters. The molecule has 0 atom stereocenters. The molecule has 0 heterocycles. The molecule has 13 nitrogen and oxygen atoms in total. The summed E-state index contributed by atoms with van der Waals surface area (Å²) in [6.07, 6.45) is 14.4. The monoisotopic (exact) mass is 980 g/mol. The number of benzene rings is 3. The van der Waals surface area contributed by atoms with Gasteiger partial charge in [0.25, 0.3) is 0 Å². The molecule has 1 aliphatic rings. The van der Waals surface area contributed by atoms with Crippen LogP contribution in [0, 0.1) is 17.2 Å². The highest BCUT2D eigenvalue weighted by Crippen LogP contribution is 2.40. The van der Waals surface area contributed by atoms with Crippen molar-refractivity contribution in [1.82, 2.24) is 0 Å². The molecule has 1 aliphatic carbocycles. The van der Waals surface area contributed by atoms with E-state index in [-0.39, 0.29) is 30.2 Å². The van der Waals surface area contributed by atoms with Gasteiger partial charge in [-0.2, -0.15) is 0 Å². The molecule has 0 saturated heterocycles. The minimum Gasteiger partial charge on any atom is -0.492 e. The van der Waals surface area contributed by atoms with Crippen LogP contribution < -0.4 is 4.74 Å². The van der Waals surface area contributed by atoms with Gasteiger partial charge in [-0.25, -0.2) is 33.2 Å². The number of halogens is 1. The van der Waals surface area contributed by atoms with E-state index in [0.717, 1.165) is 85.1 Å². The predicted octanol–water partition coefficient (Wildman–Crippen LogP) is 10.7. The highest BCUT2D eigenvalue weighted by atomic mass is 19.1. The third-order valence-corrected chi connectivity index (χ3v) is 12.4. The van der Waals surface area contributed by atoms with Crippen LogP contribution in [0.1, 0.15) is 108 Å². The number of ether oxygens (including phenoxy) is 7. The molecular weight excluding hydrogens is 912 g/mol.